The summed E-state index contributed by atoms with van der Waals surface area (Å²) in [6.07, 6.45) is 0. The summed E-state index contributed by atoms with van der Waals surface area (Å²) in [4.78, 5) is 25.7. The van der Waals surface area contributed by atoms with E-state index >= 15 is 0 Å². The maximum absolute atomic E-state index is 12.7. The lowest BCUT2D eigenvalue weighted by Gasteiger charge is -2.33. The minimum absolute atomic E-state index is 0.0661. The Morgan fingerprint density at radius 1 is 1.26 bits per heavy atom. The molecule has 1 aliphatic heterocycles. The van der Waals surface area contributed by atoms with Crippen molar-refractivity contribution in [1.82, 2.24) is 10.2 Å². The van der Waals surface area contributed by atoms with Crippen molar-refractivity contribution in [2.75, 3.05) is 32.8 Å². The van der Waals surface area contributed by atoms with Gasteiger partial charge in [0.25, 0.3) is 11.6 Å². The number of hydrogen-bond acceptors (Lipinski definition) is 6. The third-order valence-corrected chi connectivity index (χ3v) is 4.70. The summed E-state index contributed by atoms with van der Waals surface area (Å²) >= 11 is 0. The van der Waals surface area contributed by atoms with Crippen molar-refractivity contribution >= 4 is 11.6 Å². The van der Waals surface area contributed by atoms with Crippen LogP contribution in [0.1, 0.15) is 33.5 Å². The minimum Gasteiger partial charge on any atom is -0.465 e. The number of nitro groups is 1. The zero-order chi connectivity index (χ0) is 19.4. The molecule has 144 valence electrons. The fraction of sp³-hybridized carbons (Fsp3) is 0.421. The highest BCUT2D eigenvalue weighted by molar-refractivity contribution is 5.98. The van der Waals surface area contributed by atoms with Crippen molar-refractivity contribution in [3.63, 3.8) is 0 Å². The van der Waals surface area contributed by atoms with E-state index in [0.717, 1.165) is 24.6 Å². The fourth-order valence-corrected chi connectivity index (χ4v) is 3.30. The van der Waals surface area contributed by atoms with Gasteiger partial charge in [0.05, 0.1) is 24.2 Å². The van der Waals surface area contributed by atoms with Gasteiger partial charge in [0, 0.05) is 25.2 Å². The smallest absolute Gasteiger partial charge is 0.285 e. The van der Waals surface area contributed by atoms with Crippen molar-refractivity contribution in [3.05, 3.63) is 63.1 Å². The summed E-state index contributed by atoms with van der Waals surface area (Å²) in [6.45, 7) is 6.47. The lowest BCUT2D eigenvalue weighted by Crippen LogP contribution is -2.43. The van der Waals surface area contributed by atoms with Crippen LogP contribution in [-0.4, -0.2) is 48.6 Å². The zero-order valence-electron chi connectivity index (χ0n) is 15.4. The zero-order valence-corrected chi connectivity index (χ0v) is 15.4. The number of hydrogen-bond donors (Lipinski definition) is 1. The first-order chi connectivity index (χ1) is 13.0. The van der Waals surface area contributed by atoms with Crippen molar-refractivity contribution in [2.24, 2.45) is 0 Å². The molecule has 1 aliphatic rings. The molecule has 1 atom stereocenters. The number of benzene rings is 1. The van der Waals surface area contributed by atoms with Crippen LogP contribution in [0.15, 0.2) is 34.7 Å². The van der Waals surface area contributed by atoms with Gasteiger partial charge in [0.15, 0.2) is 0 Å². The first-order valence-corrected chi connectivity index (χ1v) is 8.87. The van der Waals surface area contributed by atoms with Crippen LogP contribution in [-0.2, 0) is 4.74 Å². The molecule has 3 rings (SSSR count). The predicted molar refractivity (Wildman–Crippen MR) is 98.7 cm³/mol. The Bertz CT molecular complexity index is 827. The third-order valence-electron chi connectivity index (χ3n) is 4.70. The SMILES string of the molecule is Cc1ccc([C@@H](CNC(=O)c2cccc(C)c2[N+](=O)[O-])N2CCOCC2)o1. The highest BCUT2D eigenvalue weighted by Gasteiger charge is 2.27. The van der Waals surface area contributed by atoms with E-state index in [1.54, 1.807) is 19.1 Å². The summed E-state index contributed by atoms with van der Waals surface area (Å²) in [5, 5.41) is 14.2. The molecule has 8 heteroatoms. The molecule has 2 heterocycles. The Morgan fingerprint density at radius 2 is 2.00 bits per heavy atom. The molecular weight excluding hydrogens is 350 g/mol. The summed E-state index contributed by atoms with van der Waals surface area (Å²) in [7, 11) is 0. The normalized spacial score (nSPS) is 16.1. The number of aryl methyl sites for hydroxylation is 2. The highest BCUT2D eigenvalue weighted by atomic mass is 16.6. The molecule has 0 radical (unpaired) electrons. The Kier molecular flexibility index (Phi) is 5.88. The van der Waals surface area contributed by atoms with E-state index in [-0.39, 0.29) is 23.8 Å². The van der Waals surface area contributed by atoms with Crippen LogP contribution in [0.25, 0.3) is 0 Å². The second kappa shape index (κ2) is 8.32. The van der Waals surface area contributed by atoms with Gasteiger partial charge >= 0.3 is 0 Å². The number of rotatable bonds is 6. The topological polar surface area (TPSA) is 97.8 Å². The molecule has 2 aromatic rings. The number of carbonyl (C=O) groups is 1. The van der Waals surface area contributed by atoms with E-state index in [1.807, 2.05) is 19.1 Å². The molecule has 0 saturated carbocycles. The summed E-state index contributed by atoms with van der Waals surface area (Å²) in [6, 6.07) is 8.37. The molecule has 0 unspecified atom stereocenters. The summed E-state index contributed by atoms with van der Waals surface area (Å²) in [5.74, 6) is 1.09. The highest BCUT2D eigenvalue weighted by Crippen LogP contribution is 2.25. The molecule has 1 fully saturated rings. The second-order valence-corrected chi connectivity index (χ2v) is 6.55. The lowest BCUT2D eigenvalue weighted by atomic mass is 10.1. The van der Waals surface area contributed by atoms with E-state index in [4.69, 9.17) is 9.15 Å². The lowest BCUT2D eigenvalue weighted by molar-refractivity contribution is -0.385. The number of morpholine rings is 1. The largest absolute Gasteiger partial charge is 0.465 e. The van der Waals surface area contributed by atoms with E-state index in [0.29, 0.717) is 18.8 Å². The quantitative estimate of drug-likeness (QED) is 0.617. The number of nitrogens with one attached hydrogen (secondary N) is 1. The molecule has 0 bridgehead atoms. The van der Waals surface area contributed by atoms with Gasteiger partial charge in [-0.2, -0.15) is 0 Å². The fourth-order valence-electron chi connectivity index (χ4n) is 3.30. The third kappa shape index (κ3) is 4.35. The van der Waals surface area contributed by atoms with Gasteiger partial charge in [-0.1, -0.05) is 12.1 Å². The van der Waals surface area contributed by atoms with Crippen LogP contribution in [0.4, 0.5) is 5.69 Å². The predicted octanol–water partition coefficient (Wildman–Crippen LogP) is 2.61. The Morgan fingerprint density at radius 3 is 2.63 bits per heavy atom. The second-order valence-electron chi connectivity index (χ2n) is 6.55. The van der Waals surface area contributed by atoms with Crippen LogP contribution < -0.4 is 5.32 Å². The van der Waals surface area contributed by atoms with E-state index < -0.39 is 10.8 Å². The van der Waals surface area contributed by atoms with Gasteiger partial charge in [-0.3, -0.25) is 19.8 Å². The van der Waals surface area contributed by atoms with E-state index in [1.165, 1.54) is 6.07 Å². The standard InChI is InChI=1S/C19H23N3O5/c1-13-4-3-5-15(18(13)22(24)25)19(23)20-12-16(17-7-6-14(2)27-17)21-8-10-26-11-9-21/h3-7,16H,8-12H2,1-2H3,(H,20,23)/t16-/m1/s1. The minimum atomic E-state index is -0.514. The maximum atomic E-state index is 12.7. The van der Waals surface area contributed by atoms with Crippen LogP contribution >= 0.6 is 0 Å². The van der Waals surface area contributed by atoms with Crippen molar-refractivity contribution in [2.45, 2.75) is 19.9 Å². The van der Waals surface area contributed by atoms with Crippen molar-refractivity contribution < 1.29 is 18.9 Å². The van der Waals surface area contributed by atoms with E-state index in [2.05, 4.69) is 10.2 Å². The van der Waals surface area contributed by atoms with Crippen molar-refractivity contribution in [3.8, 4) is 0 Å². The molecular formula is C19H23N3O5. The summed E-state index contributed by atoms with van der Waals surface area (Å²) < 4.78 is 11.2. The Balaban J connectivity index is 1.78. The molecule has 1 N–H and O–H groups in total. The van der Waals surface area contributed by atoms with Gasteiger partial charge in [0.2, 0.25) is 0 Å². The number of nitro benzene ring substituents is 1. The maximum Gasteiger partial charge on any atom is 0.285 e. The number of furan rings is 1. The number of para-hydroxylation sites is 1. The molecule has 8 nitrogen and oxygen atoms in total. The van der Waals surface area contributed by atoms with Gasteiger partial charge in [-0.05, 0) is 32.0 Å². The summed E-state index contributed by atoms with van der Waals surface area (Å²) in [5.41, 5.74) is 0.363. The molecule has 0 aliphatic carbocycles. The first kappa shape index (κ1) is 19.1. The molecule has 1 aromatic carbocycles. The molecule has 1 aromatic heterocycles. The van der Waals surface area contributed by atoms with Crippen LogP contribution in [0, 0.1) is 24.0 Å². The van der Waals surface area contributed by atoms with Crippen LogP contribution in [0.5, 0.6) is 0 Å². The molecule has 1 saturated heterocycles. The monoisotopic (exact) mass is 373 g/mol. The van der Waals surface area contributed by atoms with Gasteiger partial charge in [-0.15, -0.1) is 0 Å². The number of carbonyl (C=O) groups excluding carboxylic acids is 1. The number of ether oxygens (including phenoxy) is 1. The average molecular weight is 373 g/mol. The average Bonchev–Trinajstić information content (AvgIpc) is 3.08. The Labute approximate surface area is 157 Å². The number of nitrogens with zero attached hydrogens (tertiary/aromatic N) is 2. The van der Waals surface area contributed by atoms with Gasteiger partial charge < -0.3 is 14.5 Å². The first-order valence-electron chi connectivity index (χ1n) is 8.87. The molecule has 27 heavy (non-hydrogen) atoms. The van der Waals surface area contributed by atoms with Crippen LogP contribution in [0.3, 0.4) is 0 Å². The molecule has 0 spiro atoms. The van der Waals surface area contributed by atoms with Crippen molar-refractivity contribution in [1.29, 1.82) is 0 Å². The van der Waals surface area contributed by atoms with Gasteiger partial charge in [-0.25, -0.2) is 0 Å². The van der Waals surface area contributed by atoms with Gasteiger partial charge in [0.1, 0.15) is 17.1 Å². The van der Waals surface area contributed by atoms with Crippen LogP contribution in [0.2, 0.25) is 0 Å². The molecule has 1 amide bonds. The Hall–Kier alpha value is -2.71. The number of amides is 1. The van der Waals surface area contributed by atoms with E-state index in [9.17, 15) is 14.9 Å².